The quantitative estimate of drug-likeness (QED) is 0.247. The smallest absolute Gasteiger partial charge is 0.451 e. The molecule has 2 aliphatic rings. The Morgan fingerprint density at radius 2 is 2.04 bits per heavy atom. The molecule has 2 N–H and O–H groups in total. The second-order valence-electron chi connectivity index (χ2n) is 11.3. The molecule has 45 heavy (non-hydrogen) atoms. The number of amides is 1. The van der Waals surface area contributed by atoms with Gasteiger partial charge in [-0.3, -0.25) is 14.4 Å². The summed E-state index contributed by atoms with van der Waals surface area (Å²) in [6.45, 7) is 1.61. The summed E-state index contributed by atoms with van der Waals surface area (Å²) < 4.78 is 53.1. The van der Waals surface area contributed by atoms with Gasteiger partial charge in [-0.05, 0) is 31.7 Å². The van der Waals surface area contributed by atoms with Gasteiger partial charge in [0.05, 0.1) is 31.0 Å². The lowest BCUT2D eigenvalue weighted by Crippen LogP contribution is -2.65. The SMILES string of the molecule is COCCNC(=O)c1cc(OC2CCC(N3CC(CC#N)(n4cc(-c5ncnc6[nH]ccc56)cn4)C3)CC2)nc(C(F)(F)F)n1.[HH].[HH]. The summed E-state index contributed by atoms with van der Waals surface area (Å²) >= 11 is 0. The van der Waals surface area contributed by atoms with Gasteiger partial charge in [0.2, 0.25) is 11.7 Å². The van der Waals surface area contributed by atoms with Crippen molar-refractivity contribution in [2.45, 2.75) is 56.0 Å². The molecule has 0 spiro atoms. The van der Waals surface area contributed by atoms with Gasteiger partial charge in [0.25, 0.3) is 5.91 Å². The first-order chi connectivity index (χ1) is 21.7. The van der Waals surface area contributed by atoms with Crippen molar-refractivity contribution in [1.29, 1.82) is 5.26 Å². The third-order valence-corrected chi connectivity index (χ3v) is 8.33. The van der Waals surface area contributed by atoms with E-state index in [9.17, 15) is 23.2 Å². The third-order valence-electron chi connectivity index (χ3n) is 8.33. The van der Waals surface area contributed by atoms with Gasteiger partial charge < -0.3 is 19.8 Å². The van der Waals surface area contributed by atoms with Crippen molar-refractivity contribution in [3.8, 4) is 23.2 Å². The molecule has 16 heteroatoms. The largest absolute Gasteiger partial charge is 0.474 e. The second kappa shape index (κ2) is 12.4. The van der Waals surface area contributed by atoms with Crippen molar-refractivity contribution in [1.82, 2.24) is 44.9 Å². The second-order valence-corrected chi connectivity index (χ2v) is 11.3. The zero-order valence-electron chi connectivity index (χ0n) is 24.4. The van der Waals surface area contributed by atoms with Crippen LogP contribution >= 0.6 is 0 Å². The molecule has 1 amide bonds. The van der Waals surface area contributed by atoms with Crippen molar-refractivity contribution in [3.63, 3.8) is 0 Å². The maximum Gasteiger partial charge on any atom is 0.451 e. The summed E-state index contributed by atoms with van der Waals surface area (Å²) in [6, 6.07) is 5.60. The molecule has 0 atom stereocenters. The van der Waals surface area contributed by atoms with E-state index in [0.29, 0.717) is 32.4 Å². The number of rotatable bonds is 10. The van der Waals surface area contributed by atoms with Crippen LogP contribution in [0.3, 0.4) is 0 Å². The van der Waals surface area contributed by atoms with Crippen LogP contribution in [0.5, 0.6) is 5.88 Å². The summed E-state index contributed by atoms with van der Waals surface area (Å²) in [4.78, 5) is 33.4. The van der Waals surface area contributed by atoms with Crippen LogP contribution in [-0.4, -0.2) is 91.0 Å². The van der Waals surface area contributed by atoms with Gasteiger partial charge in [-0.25, -0.2) is 15.0 Å². The number of halogens is 3. The van der Waals surface area contributed by atoms with Crippen molar-refractivity contribution >= 4 is 16.9 Å². The number of likely N-dealkylation sites (tertiary alicyclic amines) is 1. The van der Waals surface area contributed by atoms with Gasteiger partial charge in [-0.1, -0.05) is 0 Å². The monoisotopic (exact) mass is 628 g/mol. The van der Waals surface area contributed by atoms with Crippen LogP contribution in [0.1, 0.15) is 51.3 Å². The number of aromatic amines is 1. The summed E-state index contributed by atoms with van der Waals surface area (Å²) in [7, 11) is 1.45. The summed E-state index contributed by atoms with van der Waals surface area (Å²) in [5, 5.41) is 17.6. The number of aromatic nitrogens is 7. The fourth-order valence-corrected chi connectivity index (χ4v) is 6.04. The number of carbonyl (C=O) groups excluding carboxylic acids is 1. The van der Waals surface area contributed by atoms with Gasteiger partial charge in [0, 0.05) is 65.0 Å². The summed E-state index contributed by atoms with van der Waals surface area (Å²) in [5.74, 6) is -2.49. The zero-order valence-corrected chi connectivity index (χ0v) is 24.4. The van der Waals surface area contributed by atoms with Crippen LogP contribution in [0.15, 0.2) is 37.1 Å². The first-order valence-corrected chi connectivity index (χ1v) is 14.5. The number of methoxy groups -OCH3 is 1. The van der Waals surface area contributed by atoms with E-state index >= 15 is 0 Å². The van der Waals surface area contributed by atoms with Crippen molar-refractivity contribution in [2.24, 2.45) is 0 Å². The molecule has 6 rings (SSSR count). The van der Waals surface area contributed by atoms with Gasteiger partial charge >= 0.3 is 6.18 Å². The van der Waals surface area contributed by atoms with E-state index in [1.54, 1.807) is 6.20 Å². The fourth-order valence-electron chi connectivity index (χ4n) is 6.04. The molecule has 1 aliphatic heterocycles. The van der Waals surface area contributed by atoms with E-state index in [0.717, 1.165) is 41.2 Å². The minimum atomic E-state index is -4.84. The third kappa shape index (κ3) is 6.31. The fraction of sp³-hybridized carbons (Fsp3) is 0.483. The van der Waals surface area contributed by atoms with Gasteiger partial charge in [0.15, 0.2) is 0 Å². The van der Waals surface area contributed by atoms with E-state index in [4.69, 9.17) is 9.47 Å². The van der Waals surface area contributed by atoms with Crippen molar-refractivity contribution < 1.29 is 30.3 Å². The Morgan fingerprint density at radius 1 is 1.24 bits per heavy atom. The number of alkyl halides is 3. The topological polar surface area (TPSA) is 160 Å². The first kappa shape index (κ1) is 30.4. The number of nitrogens with one attached hydrogen (secondary N) is 2. The average molecular weight is 629 g/mol. The van der Waals surface area contributed by atoms with Gasteiger partial charge in [0.1, 0.15) is 29.3 Å². The number of hydrogen-bond acceptors (Lipinski definition) is 10. The summed E-state index contributed by atoms with van der Waals surface area (Å²) in [5.41, 5.74) is 1.44. The Hall–Kier alpha value is -4.62. The minimum absolute atomic E-state index is 0. The lowest BCUT2D eigenvalue weighted by Gasteiger charge is -2.53. The lowest BCUT2D eigenvalue weighted by molar-refractivity contribution is -0.145. The maximum atomic E-state index is 13.5. The van der Waals surface area contributed by atoms with E-state index < -0.39 is 29.1 Å². The molecular formula is C29H35F3N10O3. The van der Waals surface area contributed by atoms with Crippen molar-refractivity contribution in [2.75, 3.05) is 33.4 Å². The molecule has 1 aliphatic carbocycles. The molecule has 1 saturated heterocycles. The molecule has 0 aromatic carbocycles. The predicted molar refractivity (Wildman–Crippen MR) is 157 cm³/mol. The molecular weight excluding hydrogens is 593 g/mol. The predicted octanol–water partition coefficient (Wildman–Crippen LogP) is 3.81. The van der Waals surface area contributed by atoms with Crippen LogP contribution < -0.4 is 10.1 Å². The Bertz CT molecular complexity index is 1710. The highest BCUT2D eigenvalue weighted by Gasteiger charge is 2.48. The highest BCUT2D eigenvalue weighted by atomic mass is 19.4. The number of nitriles is 1. The number of nitrogens with zero attached hydrogens (tertiary/aromatic N) is 8. The molecule has 0 unspecified atom stereocenters. The zero-order chi connectivity index (χ0) is 31.6. The van der Waals surface area contributed by atoms with Crippen LogP contribution in [0.2, 0.25) is 0 Å². The number of fused-ring (bicyclic) bond motifs is 1. The Kier molecular flexibility index (Phi) is 8.38. The van der Waals surface area contributed by atoms with E-state index in [1.807, 2.05) is 23.1 Å². The van der Waals surface area contributed by atoms with Gasteiger partial charge in [-0.15, -0.1) is 0 Å². The van der Waals surface area contributed by atoms with Crippen LogP contribution in [0.25, 0.3) is 22.3 Å². The Balaban J connectivity index is 0.00000250. The molecule has 1 saturated carbocycles. The molecule has 13 nitrogen and oxygen atoms in total. The molecule has 4 aromatic rings. The van der Waals surface area contributed by atoms with E-state index in [2.05, 4.69) is 46.3 Å². The van der Waals surface area contributed by atoms with Crippen molar-refractivity contribution in [3.05, 3.63) is 48.6 Å². The molecule has 2 fully saturated rings. The lowest BCUT2D eigenvalue weighted by atomic mass is 9.82. The molecule has 0 bridgehead atoms. The molecule has 4 aromatic heterocycles. The first-order valence-electron chi connectivity index (χ1n) is 14.5. The van der Waals surface area contributed by atoms with E-state index in [1.165, 1.54) is 13.4 Å². The van der Waals surface area contributed by atoms with E-state index in [-0.39, 0.29) is 34.0 Å². The number of carbonyl (C=O) groups is 1. The highest BCUT2D eigenvalue weighted by molar-refractivity contribution is 5.92. The Labute approximate surface area is 258 Å². The maximum absolute atomic E-state index is 13.5. The molecule has 0 radical (unpaired) electrons. The van der Waals surface area contributed by atoms with Crippen LogP contribution in [0, 0.1) is 11.3 Å². The number of H-pyrrole nitrogens is 1. The average Bonchev–Trinajstić information content (AvgIpc) is 3.69. The standard InChI is InChI=1S/C29H31F3N10O3.2H2/c1-44-11-10-35-26(43)22-12-23(40-27(39-22)29(30,31)32)45-20-4-2-19(3-5-20)41-15-28(16-41,7-8-33)42-14-18(13-38-42)24-21-6-9-34-25(21)37-17-36-24;;/h6,9,12-14,17,19-20H,2-5,7,10-11,15-16H2,1H3,(H,35,43)(H,34,36,37);2*1H. The molecule has 240 valence electrons. The van der Waals surface area contributed by atoms with Crippen LogP contribution in [-0.2, 0) is 16.5 Å². The normalized spacial score (nSPS) is 20.0. The molecule has 5 heterocycles. The Morgan fingerprint density at radius 3 is 2.78 bits per heavy atom. The van der Waals surface area contributed by atoms with Gasteiger partial charge in [-0.2, -0.15) is 28.5 Å². The van der Waals surface area contributed by atoms with Crippen LogP contribution in [0.4, 0.5) is 13.2 Å². The summed E-state index contributed by atoms with van der Waals surface area (Å²) in [6.07, 6.45) is 4.79. The number of hydrogen-bond donors (Lipinski definition) is 2. The minimum Gasteiger partial charge on any atom is -0.474 e. The highest BCUT2D eigenvalue weighted by Crippen LogP contribution is 2.39. The number of ether oxygens (including phenoxy) is 2.